The number of anilines is 1. The lowest BCUT2D eigenvalue weighted by atomic mass is 9.92. The molecule has 1 aliphatic rings. The third-order valence-electron chi connectivity index (χ3n) is 4.65. The zero-order valence-electron chi connectivity index (χ0n) is 15.6. The van der Waals surface area contributed by atoms with Gasteiger partial charge in [-0.05, 0) is 19.1 Å². The molecule has 1 aliphatic heterocycles. The van der Waals surface area contributed by atoms with Gasteiger partial charge in [0.15, 0.2) is 11.7 Å². The van der Waals surface area contributed by atoms with Crippen LogP contribution in [0.15, 0.2) is 23.3 Å². The number of nitrogens with zero attached hydrogens (tertiary/aromatic N) is 4. The van der Waals surface area contributed by atoms with Gasteiger partial charge in [-0.3, -0.25) is 24.4 Å². The molecule has 8 heteroatoms. The second-order valence-electron chi connectivity index (χ2n) is 6.55. The fraction of sp³-hybridized carbons (Fsp3) is 0.316. The number of aliphatic carboxylic acids is 1. The summed E-state index contributed by atoms with van der Waals surface area (Å²) in [5.41, 5.74) is 2.14. The monoisotopic (exact) mass is 368 g/mol. The molecule has 8 nitrogen and oxygen atoms in total. The van der Waals surface area contributed by atoms with Crippen molar-refractivity contribution in [2.45, 2.75) is 6.92 Å². The fourth-order valence-corrected chi connectivity index (χ4v) is 3.11. The Hall–Kier alpha value is -3.29. The van der Waals surface area contributed by atoms with E-state index < -0.39 is 17.7 Å². The van der Waals surface area contributed by atoms with Gasteiger partial charge in [0.1, 0.15) is 0 Å². The van der Waals surface area contributed by atoms with E-state index in [4.69, 9.17) is 5.11 Å². The van der Waals surface area contributed by atoms with Gasteiger partial charge >= 0.3 is 5.97 Å². The first-order valence-electron chi connectivity index (χ1n) is 8.47. The van der Waals surface area contributed by atoms with Gasteiger partial charge in [0.05, 0.1) is 22.5 Å². The van der Waals surface area contributed by atoms with Gasteiger partial charge in [-0.1, -0.05) is 0 Å². The van der Waals surface area contributed by atoms with Gasteiger partial charge in [-0.15, -0.1) is 0 Å². The molecule has 140 valence electrons. The minimum absolute atomic E-state index is 0.154. The van der Waals surface area contributed by atoms with Crippen LogP contribution in [0.3, 0.4) is 0 Å². The second kappa shape index (κ2) is 6.79. The molecule has 0 bridgehead atoms. The van der Waals surface area contributed by atoms with Crippen molar-refractivity contribution in [2.75, 3.05) is 32.6 Å². The Labute approximate surface area is 156 Å². The Morgan fingerprint density at radius 2 is 1.93 bits per heavy atom. The van der Waals surface area contributed by atoms with Gasteiger partial charge in [0.2, 0.25) is 0 Å². The van der Waals surface area contributed by atoms with Crippen molar-refractivity contribution in [2.24, 2.45) is 10.9 Å². The number of aliphatic imine (C=N–C) groups is 1. The Bertz CT molecular complexity index is 997. The number of benzene rings is 1. The van der Waals surface area contributed by atoms with E-state index in [0.717, 1.165) is 6.21 Å². The van der Waals surface area contributed by atoms with Crippen molar-refractivity contribution in [3.63, 3.8) is 0 Å². The molecular formula is C19H20N4O4. The molecule has 1 aromatic carbocycles. The van der Waals surface area contributed by atoms with Crippen molar-refractivity contribution in [3.05, 3.63) is 29.5 Å². The van der Waals surface area contributed by atoms with Crippen LogP contribution in [0.5, 0.6) is 0 Å². The highest BCUT2D eigenvalue weighted by Gasteiger charge is 2.32. The van der Waals surface area contributed by atoms with Crippen LogP contribution in [0.2, 0.25) is 0 Å². The number of amides is 1. The summed E-state index contributed by atoms with van der Waals surface area (Å²) in [5, 5.41) is 9.83. The van der Waals surface area contributed by atoms with Crippen LogP contribution < -0.4 is 4.90 Å². The fourth-order valence-electron chi connectivity index (χ4n) is 3.11. The number of carboxylic acids is 1. The SMILES string of the molecule is CCN(C)C(=O)c1cnc2c3c(ccc2c1N(C)C)C(=O)C(C(=O)O)C=N3. The average molecular weight is 368 g/mol. The molecule has 0 radical (unpaired) electrons. The molecule has 0 saturated heterocycles. The summed E-state index contributed by atoms with van der Waals surface area (Å²) < 4.78 is 0. The summed E-state index contributed by atoms with van der Waals surface area (Å²) >= 11 is 0. The zero-order chi connectivity index (χ0) is 19.9. The number of carbonyl (C=O) groups is 3. The predicted octanol–water partition coefficient (Wildman–Crippen LogP) is 1.99. The van der Waals surface area contributed by atoms with Crippen molar-refractivity contribution in [1.82, 2.24) is 9.88 Å². The number of Topliss-reactive ketones (excluding diaryl/α,β-unsaturated/α-hetero) is 1. The van der Waals surface area contributed by atoms with Crippen LogP contribution in [0, 0.1) is 5.92 Å². The number of ketones is 1. The average Bonchev–Trinajstić information content (AvgIpc) is 2.65. The van der Waals surface area contributed by atoms with Gasteiger partial charge in [-0.2, -0.15) is 0 Å². The van der Waals surface area contributed by atoms with E-state index >= 15 is 0 Å². The third-order valence-corrected chi connectivity index (χ3v) is 4.65. The molecule has 3 rings (SSSR count). The van der Waals surface area contributed by atoms with E-state index in [2.05, 4.69) is 9.98 Å². The molecule has 0 spiro atoms. The van der Waals surface area contributed by atoms with Gasteiger partial charge in [0, 0.05) is 51.0 Å². The summed E-state index contributed by atoms with van der Waals surface area (Å²) in [6.07, 6.45) is 2.61. The van der Waals surface area contributed by atoms with Crippen molar-refractivity contribution in [1.29, 1.82) is 0 Å². The van der Waals surface area contributed by atoms with E-state index in [1.165, 1.54) is 6.20 Å². The smallest absolute Gasteiger partial charge is 0.319 e. The van der Waals surface area contributed by atoms with Crippen molar-refractivity contribution < 1.29 is 19.5 Å². The maximum Gasteiger partial charge on any atom is 0.319 e. The lowest BCUT2D eigenvalue weighted by Crippen LogP contribution is -2.29. The number of aromatic nitrogens is 1. The number of fused-ring (bicyclic) bond motifs is 3. The number of hydrogen-bond donors (Lipinski definition) is 1. The number of rotatable bonds is 4. The van der Waals surface area contributed by atoms with Crippen LogP contribution in [-0.2, 0) is 4.79 Å². The summed E-state index contributed by atoms with van der Waals surface area (Å²) in [5.74, 6) is -3.20. The number of hydrogen-bond acceptors (Lipinski definition) is 6. The minimum Gasteiger partial charge on any atom is -0.480 e. The summed E-state index contributed by atoms with van der Waals surface area (Å²) in [4.78, 5) is 48.4. The number of pyridine rings is 1. The van der Waals surface area contributed by atoms with Crippen LogP contribution in [0.1, 0.15) is 27.6 Å². The van der Waals surface area contributed by atoms with Gasteiger partial charge < -0.3 is 14.9 Å². The van der Waals surface area contributed by atoms with E-state index in [1.54, 1.807) is 24.1 Å². The molecular weight excluding hydrogens is 348 g/mol. The van der Waals surface area contributed by atoms with Crippen LogP contribution >= 0.6 is 0 Å². The molecule has 1 amide bonds. The third kappa shape index (κ3) is 2.92. The van der Waals surface area contributed by atoms with Crippen LogP contribution in [-0.4, -0.2) is 66.6 Å². The highest BCUT2D eigenvalue weighted by Crippen LogP contribution is 2.38. The molecule has 2 aromatic rings. The first-order chi connectivity index (χ1) is 12.8. The molecule has 27 heavy (non-hydrogen) atoms. The topological polar surface area (TPSA) is 103 Å². The molecule has 0 aliphatic carbocycles. The van der Waals surface area contributed by atoms with Crippen LogP contribution in [0.4, 0.5) is 11.4 Å². The first-order valence-corrected chi connectivity index (χ1v) is 8.47. The Morgan fingerprint density at radius 1 is 1.22 bits per heavy atom. The van der Waals surface area contributed by atoms with E-state index in [0.29, 0.717) is 34.4 Å². The normalized spacial score (nSPS) is 15.6. The first kappa shape index (κ1) is 18.5. The highest BCUT2D eigenvalue weighted by molar-refractivity contribution is 6.25. The Morgan fingerprint density at radius 3 is 2.52 bits per heavy atom. The molecule has 1 atom stereocenters. The standard InChI is InChI=1S/C19H20N4O4/c1-5-23(4)18(25)12-8-20-14-10(16(12)22(2)3)6-7-11-15(14)21-9-13(17(11)24)19(26)27/h6-9,13H,5H2,1-4H3,(H,26,27). The largest absolute Gasteiger partial charge is 0.480 e. The predicted molar refractivity (Wildman–Crippen MR) is 102 cm³/mol. The quantitative estimate of drug-likeness (QED) is 0.828. The molecule has 2 heterocycles. The van der Waals surface area contributed by atoms with E-state index in [-0.39, 0.29) is 11.5 Å². The van der Waals surface area contributed by atoms with Crippen LogP contribution in [0.25, 0.3) is 10.9 Å². The lowest BCUT2D eigenvalue weighted by molar-refractivity contribution is -0.137. The lowest BCUT2D eigenvalue weighted by Gasteiger charge is -2.23. The minimum atomic E-state index is -1.29. The molecule has 1 aromatic heterocycles. The molecule has 1 unspecified atom stereocenters. The molecule has 0 saturated carbocycles. The Balaban J connectivity index is 2.26. The summed E-state index contributed by atoms with van der Waals surface area (Å²) in [7, 11) is 5.37. The van der Waals surface area contributed by atoms with Crippen molar-refractivity contribution in [3.8, 4) is 0 Å². The van der Waals surface area contributed by atoms with Gasteiger partial charge in [-0.25, -0.2) is 0 Å². The van der Waals surface area contributed by atoms with E-state index in [1.807, 2.05) is 25.9 Å². The summed E-state index contributed by atoms with van der Waals surface area (Å²) in [6, 6.07) is 3.25. The number of carboxylic acid groups (broad SMARTS) is 1. The Kier molecular flexibility index (Phi) is 4.65. The zero-order valence-corrected chi connectivity index (χ0v) is 15.6. The molecule has 1 N–H and O–H groups in total. The maximum atomic E-state index is 12.7. The van der Waals surface area contributed by atoms with E-state index in [9.17, 15) is 14.4 Å². The second-order valence-corrected chi connectivity index (χ2v) is 6.55. The molecule has 0 fully saturated rings. The highest BCUT2D eigenvalue weighted by atomic mass is 16.4. The van der Waals surface area contributed by atoms with Gasteiger partial charge in [0.25, 0.3) is 5.91 Å². The van der Waals surface area contributed by atoms with Crippen molar-refractivity contribution >= 4 is 46.2 Å². The summed E-state index contributed by atoms with van der Waals surface area (Å²) in [6.45, 7) is 2.45. The number of carbonyl (C=O) groups excluding carboxylic acids is 2. The maximum absolute atomic E-state index is 12.7.